The Labute approximate surface area is 236 Å². The van der Waals surface area contributed by atoms with Crippen LogP contribution in [0, 0.1) is 0 Å². The van der Waals surface area contributed by atoms with E-state index in [2.05, 4.69) is 89.2 Å². The molecule has 194 valence electrons. The number of aromatic nitrogens is 3. The van der Waals surface area contributed by atoms with Crippen molar-refractivity contribution in [1.29, 1.82) is 0 Å². The first-order chi connectivity index (χ1) is 20.3. The van der Waals surface area contributed by atoms with E-state index in [-0.39, 0.29) is 0 Å². The highest BCUT2D eigenvalue weighted by atomic mass is 16.5. The maximum absolute atomic E-state index is 6.23. The van der Waals surface area contributed by atoms with Crippen molar-refractivity contribution in [3.05, 3.63) is 132 Å². The van der Waals surface area contributed by atoms with Gasteiger partial charge in [0.15, 0.2) is 0 Å². The Bertz CT molecular complexity index is 2120. The molecule has 5 heteroatoms. The van der Waals surface area contributed by atoms with E-state index < -0.39 is 0 Å². The highest BCUT2D eigenvalue weighted by molar-refractivity contribution is 6.11. The molecule has 0 saturated heterocycles. The van der Waals surface area contributed by atoms with Gasteiger partial charge in [-0.1, -0.05) is 97.1 Å². The van der Waals surface area contributed by atoms with Crippen LogP contribution in [0.25, 0.3) is 56.5 Å². The summed E-state index contributed by atoms with van der Waals surface area (Å²) in [6, 6.07) is 40.8. The zero-order valence-electron chi connectivity index (χ0n) is 22.0. The minimum absolute atomic E-state index is 0.484. The molecule has 2 N–H and O–H groups in total. The molecule has 8 rings (SSSR count). The monoisotopic (exact) mass is 528 g/mol. The molecule has 3 aromatic heterocycles. The minimum atomic E-state index is 0.484. The van der Waals surface area contributed by atoms with Crippen molar-refractivity contribution < 1.29 is 4.74 Å². The topological polar surface area (TPSA) is 62.8 Å². The summed E-state index contributed by atoms with van der Waals surface area (Å²) in [4.78, 5) is 13.3. The summed E-state index contributed by atoms with van der Waals surface area (Å²) in [5, 5.41) is 6.00. The molecule has 1 aliphatic rings. The number of pyridine rings is 2. The Hall–Kier alpha value is -5.68. The van der Waals surface area contributed by atoms with Crippen molar-refractivity contribution >= 4 is 45.3 Å². The Kier molecular flexibility index (Phi) is 5.38. The van der Waals surface area contributed by atoms with Crippen molar-refractivity contribution in [3.8, 4) is 34.3 Å². The quantitative estimate of drug-likeness (QED) is 0.239. The van der Waals surface area contributed by atoms with E-state index in [1.807, 2.05) is 54.6 Å². The molecule has 0 spiro atoms. The third-order valence-electron chi connectivity index (χ3n) is 7.51. The molecular weight excluding hydrogens is 504 g/mol. The van der Waals surface area contributed by atoms with Crippen LogP contribution in [0.3, 0.4) is 0 Å². The molecule has 0 aliphatic carbocycles. The van der Waals surface area contributed by atoms with Crippen molar-refractivity contribution in [2.24, 2.45) is 0 Å². The lowest BCUT2D eigenvalue weighted by molar-refractivity contribution is 0.446. The number of aromatic amines is 1. The van der Waals surface area contributed by atoms with E-state index in [1.54, 1.807) is 0 Å². The maximum Gasteiger partial charge on any atom is 0.221 e. The third-order valence-corrected chi connectivity index (χ3v) is 7.51. The lowest BCUT2D eigenvalue weighted by Crippen LogP contribution is -1.98. The van der Waals surface area contributed by atoms with E-state index >= 15 is 0 Å². The SMILES string of the molecule is C1=Cc2cccc(-c3cccc(Oc4cccc(-c5cccc6c5[nH]c5ccccc56)n4)n3)c2Nc2ccccc21. The summed E-state index contributed by atoms with van der Waals surface area (Å²) in [6.45, 7) is 0. The second-order valence-corrected chi connectivity index (χ2v) is 10.0. The van der Waals surface area contributed by atoms with E-state index in [9.17, 15) is 0 Å². The van der Waals surface area contributed by atoms with Gasteiger partial charge in [-0.05, 0) is 35.4 Å². The molecule has 0 atom stereocenters. The summed E-state index contributed by atoms with van der Waals surface area (Å²) in [7, 11) is 0. The van der Waals surface area contributed by atoms with Gasteiger partial charge in [-0.2, -0.15) is 0 Å². The van der Waals surface area contributed by atoms with Gasteiger partial charge in [-0.3, -0.25) is 0 Å². The molecule has 0 bridgehead atoms. The highest BCUT2D eigenvalue weighted by Gasteiger charge is 2.16. The molecule has 4 heterocycles. The summed E-state index contributed by atoms with van der Waals surface area (Å²) < 4.78 is 6.23. The molecule has 4 aromatic carbocycles. The molecule has 0 saturated carbocycles. The summed E-state index contributed by atoms with van der Waals surface area (Å²) in [5.74, 6) is 0.972. The predicted molar refractivity (Wildman–Crippen MR) is 167 cm³/mol. The van der Waals surface area contributed by atoms with Crippen LogP contribution in [0.5, 0.6) is 11.8 Å². The number of hydrogen-bond donors (Lipinski definition) is 2. The molecule has 7 aromatic rings. The second-order valence-electron chi connectivity index (χ2n) is 10.0. The number of nitrogens with zero attached hydrogens (tertiary/aromatic N) is 2. The van der Waals surface area contributed by atoms with Gasteiger partial charge in [0.2, 0.25) is 11.8 Å². The minimum Gasteiger partial charge on any atom is -0.421 e. The maximum atomic E-state index is 6.23. The van der Waals surface area contributed by atoms with Crippen molar-refractivity contribution in [2.75, 3.05) is 5.32 Å². The van der Waals surface area contributed by atoms with Gasteiger partial charge >= 0.3 is 0 Å². The number of hydrogen-bond acceptors (Lipinski definition) is 4. The van der Waals surface area contributed by atoms with Gasteiger partial charge < -0.3 is 15.0 Å². The number of ether oxygens (including phenoxy) is 1. The van der Waals surface area contributed by atoms with Crippen LogP contribution in [0.1, 0.15) is 11.1 Å². The first-order valence-electron chi connectivity index (χ1n) is 13.6. The Balaban J connectivity index is 1.14. The van der Waals surface area contributed by atoms with Crippen LogP contribution in [-0.4, -0.2) is 15.0 Å². The average Bonchev–Trinajstić information content (AvgIpc) is 3.29. The van der Waals surface area contributed by atoms with Gasteiger partial charge in [0, 0.05) is 45.2 Å². The fourth-order valence-electron chi connectivity index (χ4n) is 5.57. The molecule has 0 radical (unpaired) electrons. The van der Waals surface area contributed by atoms with Crippen molar-refractivity contribution in [3.63, 3.8) is 0 Å². The summed E-state index contributed by atoms with van der Waals surface area (Å²) >= 11 is 0. The van der Waals surface area contributed by atoms with Crippen LogP contribution in [-0.2, 0) is 0 Å². The van der Waals surface area contributed by atoms with Gasteiger partial charge in [0.25, 0.3) is 0 Å². The van der Waals surface area contributed by atoms with Crippen LogP contribution < -0.4 is 10.1 Å². The first kappa shape index (κ1) is 23.2. The number of rotatable bonds is 4. The number of fused-ring (bicyclic) bond motifs is 5. The Morgan fingerprint density at radius 3 is 2.02 bits per heavy atom. The van der Waals surface area contributed by atoms with E-state index in [0.29, 0.717) is 11.8 Å². The number of para-hydroxylation sites is 4. The second kappa shape index (κ2) is 9.50. The van der Waals surface area contributed by atoms with Crippen molar-refractivity contribution in [1.82, 2.24) is 15.0 Å². The first-order valence-corrected chi connectivity index (χ1v) is 13.6. The number of H-pyrrole nitrogens is 1. The van der Waals surface area contributed by atoms with E-state index in [4.69, 9.17) is 14.7 Å². The van der Waals surface area contributed by atoms with Gasteiger partial charge in [-0.25, -0.2) is 9.97 Å². The number of nitrogens with one attached hydrogen (secondary N) is 2. The molecule has 0 fully saturated rings. The highest BCUT2D eigenvalue weighted by Crippen LogP contribution is 2.38. The molecule has 1 aliphatic heterocycles. The number of anilines is 2. The molecule has 0 amide bonds. The number of benzene rings is 4. The fraction of sp³-hybridized carbons (Fsp3) is 0. The summed E-state index contributed by atoms with van der Waals surface area (Å²) in [5.41, 5.74) is 10.2. The van der Waals surface area contributed by atoms with Crippen LogP contribution in [0.2, 0.25) is 0 Å². The Morgan fingerprint density at radius 2 is 1.15 bits per heavy atom. The zero-order chi connectivity index (χ0) is 27.2. The smallest absolute Gasteiger partial charge is 0.221 e. The van der Waals surface area contributed by atoms with Crippen LogP contribution >= 0.6 is 0 Å². The lowest BCUT2D eigenvalue weighted by Gasteiger charge is -2.15. The summed E-state index contributed by atoms with van der Waals surface area (Å²) in [6.07, 6.45) is 4.28. The van der Waals surface area contributed by atoms with Crippen LogP contribution in [0.4, 0.5) is 11.4 Å². The molecule has 5 nitrogen and oxygen atoms in total. The predicted octanol–water partition coefficient (Wildman–Crippen LogP) is 9.46. The lowest BCUT2D eigenvalue weighted by atomic mass is 10.0. The third kappa shape index (κ3) is 4.12. The standard InChI is InChI=1S/C36H24N4O/c1-3-15-29-23(9-1)21-22-24-10-5-13-27(35(24)39-29)31-17-7-19-33(37-31)41-34-20-8-18-32(38-34)28-14-6-12-26-25-11-2-4-16-30(25)40-36(26)28/h1-22,39-40H. The zero-order valence-corrected chi connectivity index (χ0v) is 22.0. The normalized spacial score (nSPS) is 12.0. The molecular formula is C36H24N4O. The molecule has 41 heavy (non-hydrogen) atoms. The van der Waals surface area contributed by atoms with E-state index in [0.717, 1.165) is 56.0 Å². The Morgan fingerprint density at radius 1 is 0.512 bits per heavy atom. The van der Waals surface area contributed by atoms with Gasteiger partial charge in [-0.15, -0.1) is 0 Å². The average molecular weight is 529 g/mol. The van der Waals surface area contributed by atoms with Crippen molar-refractivity contribution in [2.45, 2.75) is 0 Å². The molecule has 0 unspecified atom stereocenters. The van der Waals surface area contributed by atoms with E-state index in [1.165, 1.54) is 10.8 Å². The van der Waals surface area contributed by atoms with Gasteiger partial charge in [0.05, 0.1) is 22.6 Å². The fourth-order valence-corrected chi connectivity index (χ4v) is 5.57. The van der Waals surface area contributed by atoms with Crippen LogP contribution in [0.15, 0.2) is 121 Å². The largest absolute Gasteiger partial charge is 0.421 e. The van der Waals surface area contributed by atoms with Gasteiger partial charge in [0.1, 0.15) is 0 Å².